The van der Waals surface area contributed by atoms with Crippen molar-refractivity contribution in [2.45, 2.75) is 19.3 Å². The lowest BCUT2D eigenvalue weighted by molar-refractivity contribution is -0.384. The van der Waals surface area contributed by atoms with E-state index in [2.05, 4.69) is 4.74 Å². The van der Waals surface area contributed by atoms with Crippen LogP contribution in [0.5, 0.6) is 0 Å². The number of benzene rings is 1. The highest BCUT2D eigenvalue weighted by atomic mass is 16.6. The molecule has 7 nitrogen and oxygen atoms in total. The number of methoxy groups -OCH3 is 1. The molecule has 0 aliphatic heterocycles. The van der Waals surface area contributed by atoms with E-state index in [0.717, 1.165) is 0 Å². The molecule has 1 atom stereocenters. The average Bonchev–Trinajstić information content (AvgIpc) is 2.50. The third kappa shape index (κ3) is 4.55. The molecule has 1 aromatic carbocycles. The summed E-state index contributed by atoms with van der Waals surface area (Å²) in [4.78, 5) is 35.0. The van der Waals surface area contributed by atoms with Crippen LogP contribution >= 0.6 is 0 Å². The molecular formula is C14H18N2O5. The smallest absolute Gasteiger partial charge is 0.307 e. The van der Waals surface area contributed by atoms with E-state index in [1.807, 2.05) is 0 Å². The van der Waals surface area contributed by atoms with Gasteiger partial charge >= 0.3 is 5.97 Å². The number of carbonyl (C=O) groups excluding carboxylic acids is 2. The highest BCUT2D eigenvalue weighted by Gasteiger charge is 2.21. The molecule has 0 aliphatic rings. The number of likely N-dealkylation sites (N-methyl/N-ethyl adjacent to an activating group) is 1. The van der Waals surface area contributed by atoms with E-state index >= 15 is 0 Å². The minimum atomic E-state index is -0.521. The zero-order valence-corrected chi connectivity index (χ0v) is 12.2. The fourth-order valence-corrected chi connectivity index (χ4v) is 1.85. The van der Waals surface area contributed by atoms with Crippen LogP contribution in [0.25, 0.3) is 0 Å². The van der Waals surface area contributed by atoms with Gasteiger partial charge in [-0.25, -0.2) is 0 Å². The summed E-state index contributed by atoms with van der Waals surface area (Å²) < 4.78 is 4.52. The number of nitro benzene ring substituents is 1. The Kier molecular flexibility index (Phi) is 5.83. The maximum atomic E-state index is 12.2. The summed E-state index contributed by atoms with van der Waals surface area (Å²) in [5.41, 5.74) is 0.517. The van der Waals surface area contributed by atoms with Gasteiger partial charge < -0.3 is 9.64 Å². The molecule has 7 heteroatoms. The van der Waals surface area contributed by atoms with Crippen molar-refractivity contribution >= 4 is 17.6 Å². The van der Waals surface area contributed by atoms with Crippen LogP contribution < -0.4 is 0 Å². The van der Waals surface area contributed by atoms with Crippen LogP contribution in [0.3, 0.4) is 0 Å². The summed E-state index contributed by atoms with van der Waals surface area (Å²) in [5.74, 6) is -1.12. The van der Waals surface area contributed by atoms with Gasteiger partial charge in [0, 0.05) is 25.7 Å². The highest BCUT2D eigenvalue weighted by Crippen LogP contribution is 2.22. The molecule has 0 fully saturated rings. The van der Waals surface area contributed by atoms with Crippen molar-refractivity contribution in [2.24, 2.45) is 0 Å². The first-order chi connectivity index (χ1) is 9.86. The molecule has 1 unspecified atom stereocenters. The van der Waals surface area contributed by atoms with E-state index in [1.54, 1.807) is 26.1 Å². The van der Waals surface area contributed by atoms with Crippen LogP contribution in [0.2, 0.25) is 0 Å². The van der Waals surface area contributed by atoms with E-state index in [9.17, 15) is 19.7 Å². The van der Waals surface area contributed by atoms with Crippen molar-refractivity contribution in [3.05, 3.63) is 39.9 Å². The summed E-state index contributed by atoms with van der Waals surface area (Å²) in [6.07, 6.45) is 0.112. The molecule has 1 rings (SSSR count). The normalized spacial score (nSPS) is 11.6. The first kappa shape index (κ1) is 16.6. The average molecular weight is 294 g/mol. The number of carbonyl (C=O) groups is 2. The number of rotatable bonds is 6. The van der Waals surface area contributed by atoms with Gasteiger partial charge in [-0.2, -0.15) is 0 Å². The predicted molar refractivity (Wildman–Crippen MR) is 75.8 cm³/mol. The number of ether oxygens (including phenoxy) is 1. The Labute approximate surface area is 122 Å². The van der Waals surface area contributed by atoms with Crippen LogP contribution in [-0.2, 0) is 14.3 Å². The molecule has 1 aromatic rings. The van der Waals surface area contributed by atoms with E-state index in [0.29, 0.717) is 5.56 Å². The Balaban J connectivity index is 2.75. The standard InChI is InChI=1S/C14H18N2O5/c1-10(11-5-4-6-12(9-11)16(19)20)14(18)15(2)8-7-13(17)21-3/h4-6,9-10H,7-8H2,1-3H3. The molecule has 114 valence electrons. The lowest BCUT2D eigenvalue weighted by atomic mass is 9.99. The minimum absolute atomic E-state index is 0.0515. The Bertz CT molecular complexity index is 544. The fraction of sp³-hybridized carbons (Fsp3) is 0.429. The van der Waals surface area contributed by atoms with Crippen LogP contribution in [0.1, 0.15) is 24.8 Å². The van der Waals surface area contributed by atoms with E-state index in [1.165, 1.54) is 24.1 Å². The molecule has 0 radical (unpaired) electrons. The highest BCUT2D eigenvalue weighted by molar-refractivity contribution is 5.83. The Hall–Kier alpha value is -2.44. The van der Waals surface area contributed by atoms with Gasteiger partial charge in [-0.3, -0.25) is 19.7 Å². The van der Waals surface area contributed by atoms with Crippen molar-refractivity contribution < 1.29 is 19.2 Å². The van der Waals surface area contributed by atoms with Crippen molar-refractivity contribution in [1.29, 1.82) is 0 Å². The molecular weight excluding hydrogens is 276 g/mol. The second-order valence-corrected chi connectivity index (χ2v) is 4.66. The monoisotopic (exact) mass is 294 g/mol. The summed E-state index contributed by atoms with van der Waals surface area (Å²) in [7, 11) is 2.87. The molecule has 0 bridgehead atoms. The van der Waals surface area contributed by atoms with Crippen molar-refractivity contribution in [3.8, 4) is 0 Å². The molecule has 21 heavy (non-hydrogen) atoms. The first-order valence-corrected chi connectivity index (χ1v) is 6.43. The number of non-ortho nitro benzene ring substituents is 1. The van der Waals surface area contributed by atoms with Gasteiger partial charge in [-0.15, -0.1) is 0 Å². The number of nitrogens with zero attached hydrogens (tertiary/aromatic N) is 2. The van der Waals surface area contributed by atoms with Gasteiger partial charge in [0.25, 0.3) is 5.69 Å². The number of esters is 1. The molecule has 0 aliphatic carbocycles. The second kappa shape index (κ2) is 7.37. The third-order valence-corrected chi connectivity index (χ3v) is 3.21. The lowest BCUT2D eigenvalue weighted by Crippen LogP contribution is -2.32. The van der Waals surface area contributed by atoms with E-state index < -0.39 is 16.8 Å². The summed E-state index contributed by atoms with van der Waals surface area (Å²) in [5, 5.41) is 10.7. The number of amides is 1. The number of nitro groups is 1. The van der Waals surface area contributed by atoms with Gasteiger partial charge in [-0.05, 0) is 12.5 Å². The summed E-state index contributed by atoms with van der Waals surface area (Å²) >= 11 is 0. The Morgan fingerprint density at radius 3 is 2.67 bits per heavy atom. The van der Waals surface area contributed by atoms with E-state index in [4.69, 9.17) is 0 Å². The quantitative estimate of drug-likeness (QED) is 0.452. The summed E-state index contributed by atoms with van der Waals surface area (Å²) in [6, 6.07) is 5.98. The SMILES string of the molecule is COC(=O)CCN(C)C(=O)C(C)c1cccc([N+](=O)[O-])c1. The minimum Gasteiger partial charge on any atom is -0.469 e. The molecule has 0 spiro atoms. The van der Waals surface area contributed by atoms with Crippen LogP contribution in [0.4, 0.5) is 5.69 Å². The van der Waals surface area contributed by atoms with Gasteiger partial charge in [-0.1, -0.05) is 12.1 Å². The summed E-state index contributed by atoms with van der Waals surface area (Å²) in [6.45, 7) is 1.92. The molecule has 0 saturated heterocycles. The fourth-order valence-electron chi connectivity index (χ4n) is 1.85. The first-order valence-electron chi connectivity index (χ1n) is 6.43. The zero-order valence-electron chi connectivity index (χ0n) is 12.2. The maximum absolute atomic E-state index is 12.2. The van der Waals surface area contributed by atoms with E-state index in [-0.39, 0.29) is 24.6 Å². The molecule has 0 aromatic heterocycles. The molecule has 0 heterocycles. The van der Waals surface area contributed by atoms with Gasteiger partial charge in [0.05, 0.1) is 24.4 Å². The molecule has 1 amide bonds. The third-order valence-electron chi connectivity index (χ3n) is 3.21. The topological polar surface area (TPSA) is 89.8 Å². The van der Waals surface area contributed by atoms with Gasteiger partial charge in [0.15, 0.2) is 0 Å². The predicted octanol–water partition coefficient (Wildman–Crippen LogP) is 1.72. The Morgan fingerprint density at radius 1 is 1.43 bits per heavy atom. The van der Waals surface area contributed by atoms with Crippen LogP contribution in [0, 0.1) is 10.1 Å². The Morgan fingerprint density at radius 2 is 2.10 bits per heavy atom. The number of hydrogen-bond donors (Lipinski definition) is 0. The molecule has 0 N–H and O–H groups in total. The maximum Gasteiger partial charge on any atom is 0.307 e. The van der Waals surface area contributed by atoms with Crippen LogP contribution in [-0.4, -0.2) is 42.4 Å². The van der Waals surface area contributed by atoms with Gasteiger partial charge in [0.1, 0.15) is 0 Å². The van der Waals surface area contributed by atoms with Crippen molar-refractivity contribution in [2.75, 3.05) is 20.7 Å². The zero-order chi connectivity index (χ0) is 16.0. The van der Waals surface area contributed by atoms with Crippen molar-refractivity contribution in [1.82, 2.24) is 4.90 Å². The lowest BCUT2D eigenvalue weighted by Gasteiger charge is -2.21. The number of hydrogen-bond acceptors (Lipinski definition) is 5. The van der Waals surface area contributed by atoms with Gasteiger partial charge in [0.2, 0.25) is 5.91 Å². The van der Waals surface area contributed by atoms with Crippen LogP contribution in [0.15, 0.2) is 24.3 Å². The molecule has 0 saturated carbocycles. The van der Waals surface area contributed by atoms with Crippen molar-refractivity contribution in [3.63, 3.8) is 0 Å². The largest absolute Gasteiger partial charge is 0.469 e. The second-order valence-electron chi connectivity index (χ2n) is 4.66.